The van der Waals surface area contributed by atoms with Crippen LogP contribution in [0.5, 0.6) is 0 Å². The minimum Gasteiger partial charge on any atom is -0.369 e. The molecule has 104 valence electrons. The van der Waals surface area contributed by atoms with E-state index in [-0.39, 0.29) is 5.41 Å². The van der Waals surface area contributed by atoms with Crippen molar-refractivity contribution in [2.45, 2.75) is 30.7 Å². The summed E-state index contributed by atoms with van der Waals surface area (Å²) < 4.78 is 0.863. The zero-order chi connectivity index (χ0) is 13.7. The highest BCUT2D eigenvalue weighted by atomic mass is 79.9. The van der Waals surface area contributed by atoms with Gasteiger partial charge in [0.1, 0.15) is 5.82 Å². The molecule has 4 rings (SSSR count). The molecule has 2 aliphatic rings. The number of hydrogen-bond acceptors (Lipinski definition) is 4. The molecule has 1 N–H and O–H groups in total. The second-order valence-corrected chi connectivity index (χ2v) is 6.76. The van der Waals surface area contributed by atoms with Crippen LogP contribution in [-0.2, 0) is 5.41 Å². The van der Waals surface area contributed by atoms with Gasteiger partial charge in [0.05, 0.1) is 27.9 Å². The van der Waals surface area contributed by atoms with Gasteiger partial charge in [-0.3, -0.25) is 0 Å². The highest BCUT2D eigenvalue weighted by molar-refractivity contribution is 9.10. The predicted octanol–water partition coefficient (Wildman–Crippen LogP) is 3.18. The number of fused-ring (bicyclic) bond motifs is 2. The van der Waals surface area contributed by atoms with Crippen LogP contribution >= 0.6 is 27.5 Å². The van der Waals surface area contributed by atoms with E-state index in [0.29, 0.717) is 6.04 Å². The SMILES string of the molecule is Clc1c(Br)cnc2c1C1(CCC(n3nccn3)C1)CN2. The van der Waals surface area contributed by atoms with Crippen LogP contribution in [-0.4, -0.2) is 26.5 Å². The summed E-state index contributed by atoms with van der Waals surface area (Å²) in [6.45, 7) is 0.892. The van der Waals surface area contributed by atoms with Gasteiger partial charge in [-0.15, -0.1) is 0 Å². The van der Waals surface area contributed by atoms with Gasteiger partial charge in [0, 0.05) is 23.7 Å². The largest absolute Gasteiger partial charge is 0.369 e. The van der Waals surface area contributed by atoms with Crippen LogP contribution in [0.4, 0.5) is 5.82 Å². The molecule has 3 heterocycles. The van der Waals surface area contributed by atoms with Gasteiger partial charge in [0.25, 0.3) is 0 Å². The Bertz CT molecular complexity index is 659. The predicted molar refractivity (Wildman–Crippen MR) is 80.0 cm³/mol. The van der Waals surface area contributed by atoms with Crippen LogP contribution < -0.4 is 5.32 Å². The summed E-state index contributed by atoms with van der Waals surface area (Å²) in [6, 6.07) is 0.341. The fourth-order valence-electron chi connectivity index (χ4n) is 3.52. The average molecular weight is 355 g/mol. The van der Waals surface area contributed by atoms with E-state index >= 15 is 0 Å². The maximum Gasteiger partial charge on any atom is 0.131 e. The van der Waals surface area contributed by atoms with E-state index < -0.39 is 0 Å². The van der Waals surface area contributed by atoms with Crippen LogP contribution in [0.25, 0.3) is 0 Å². The van der Waals surface area contributed by atoms with Crippen molar-refractivity contribution in [2.24, 2.45) is 0 Å². The molecule has 0 bridgehead atoms. The van der Waals surface area contributed by atoms with Crippen molar-refractivity contribution in [3.05, 3.63) is 33.6 Å². The van der Waals surface area contributed by atoms with Crippen LogP contribution in [0.1, 0.15) is 30.9 Å². The highest BCUT2D eigenvalue weighted by Crippen LogP contribution is 2.53. The molecule has 5 nitrogen and oxygen atoms in total. The second kappa shape index (κ2) is 4.43. The zero-order valence-corrected chi connectivity index (χ0v) is 13.0. The number of nitrogens with one attached hydrogen (secondary N) is 1. The lowest BCUT2D eigenvalue weighted by Crippen LogP contribution is -2.26. The lowest BCUT2D eigenvalue weighted by Gasteiger charge is -2.24. The normalized spacial score (nSPS) is 27.8. The van der Waals surface area contributed by atoms with Crippen molar-refractivity contribution in [3.63, 3.8) is 0 Å². The fourth-order valence-corrected chi connectivity index (χ4v) is 4.16. The van der Waals surface area contributed by atoms with E-state index in [2.05, 4.69) is 36.4 Å². The van der Waals surface area contributed by atoms with Gasteiger partial charge in [0.15, 0.2) is 0 Å². The number of halogens is 2. The zero-order valence-electron chi connectivity index (χ0n) is 10.7. The van der Waals surface area contributed by atoms with Crippen molar-refractivity contribution >= 4 is 33.3 Å². The van der Waals surface area contributed by atoms with E-state index in [4.69, 9.17) is 11.6 Å². The number of anilines is 1. The molecule has 1 aliphatic carbocycles. The minimum absolute atomic E-state index is 0.0570. The van der Waals surface area contributed by atoms with Gasteiger partial charge in [0.2, 0.25) is 0 Å². The Morgan fingerprint density at radius 3 is 3.00 bits per heavy atom. The van der Waals surface area contributed by atoms with Crippen molar-refractivity contribution in [2.75, 3.05) is 11.9 Å². The first-order valence-electron chi connectivity index (χ1n) is 6.64. The fraction of sp³-hybridized carbons (Fsp3) is 0.462. The number of pyridine rings is 1. The summed E-state index contributed by atoms with van der Waals surface area (Å²) in [6.07, 6.45) is 8.37. The molecule has 20 heavy (non-hydrogen) atoms. The maximum atomic E-state index is 6.52. The molecule has 0 saturated heterocycles. The molecule has 2 aromatic heterocycles. The summed E-state index contributed by atoms with van der Waals surface area (Å²) in [7, 11) is 0. The maximum absolute atomic E-state index is 6.52. The molecule has 2 unspecified atom stereocenters. The van der Waals surface area contributed by atoms with Crippen molar-refractivity contribution in [3.8, 4) is 0 Å². The first-order valence-corrected chi connectivity index (χ1v) is 7.81. The topological polar surface area (TPSA) is 55.6 Å². The Labute approximate surface area is 129 Å². The molecule has 0 amide bonds. The third-order valence-corrected chi connectivity index (χ3v) is 5.67. The standard InChI is InChI=1S/C13H13BrClN5/c14-9-6-16-12-10(11(9)15)13(7-17-12)2-1-8(5-13)20-18-3-4-19-20/h3-4,6,8H,1-2,5,7H2,(H,16,17). The van der Waals surface area contributed by atoms with Crippen LogP contribution in [0.3, 0.4) is 0 Å². The molecule has 2 atom stereocenters. The van der Waals surface area contributed by atoms with Gasteiger partial charge in [-0.05, 0) is 35.2 Å². The van der Waals surface area contributed by atoms with Gasteiger partial charge >= 0.3 is 0 Å². The smallest absolute Gasteiger partial charge is 0.131 e. The lowest BCUT2D eigenvalue weighted by molar-refractivity contribution is 0.383. The monoisotopic (exact) mass is 353 g/mol. The Kier molecular flexibility index (Phi) is 2.79. The molecule has 7 heteroatoms. The number of hydrogen-bond donors (Lipinski definition) is 1. The number of rotatable bonds is 1. The molecular formula is C13H13BrClN5. The van der Waals surface area contributed by atoms with Crippen molar-refractivity contribution in [1.29, 1.82) is 0 Å². The molecule has 2 aromatic rings. The Morgan fingerprint density at radius 1 is 1.40 bits per heavy atom. The van der Waals surface area contributed by atoms with E-state index in [1.165, 1.54) is 0 Å². The third kappa shape index (κ3) is 1.71. The highest BCUT2D eigenvalue weighted by Gasteiger charge is 2.48. The molecular weight excluding hydrogens is 342 g/mol. The molecule has 1 spiro atoms. The van der Waals surface area contributed by atoms with Gasteiger partial charge in [-0.25, -0.2) is 4.98 Å². The first kappa shape index (κ1) is 12.6. The lowest BCUT2D eigenvalue weighted by atomic mass is 9.81. The quantitative estimate of drug-likeness (QED) is 0.854. The third-order valence-electron chi connectivity index (χ3n) is 4.44. The number of aromatic nitrogens is 4. The molecule has 1 saturated carbocycles. The molecule has 1 fully saturated rings. The Hall–Kier alpha value is -1.14. The van der Waals surface area contributed by atoms with Crippen LogP contribution in [0.2, 0.25) is 5.02 Å². The van der Waals surface area contributed by atoms with E-state index in [1.807, 2.05) is 4.80 Å². The van der Waals surface area contributed by atoms with Crippen molar-refractivity contribution in [1.82, 2.24) is 20.0 Å². The molecule has 0 radical (unpaired) electrons. The molecule has 1 aliphatic heterocycles. The molecule has 0 aromatic carbocycles. The average Bonchev–Trinajstić information content (AvgIpc) is 3.15. The van der Waals surface area contributed by atoms with E-state index in [9.17, 15) is 0 Å². The Balaban J connectivity index is 1.74. The summed E-state index contributed by atoms with van der Waals surface area (Å²) in [5, 5.41) is 12.7. The summed E-state index contributed by atoms with van der Waals surface area (Å²) in [4.78, 5) is 6.27. The Morgan fingerprint density at radius 2 is 2.20 bits per heavy atom. The van der Waals surface area contributed by atoms with E-state index in [0.717, 1.165) is 46.7 Å². The van der Waals surface area contributed by atoms with Crippen molar-refractivity contribution < 1.29 is 0 Å². The second-order valence-electron chi connectivity index (χ2n) is 5.52. The van der Waals surface area contributed by atoms with Gasteiger partial charge < -0.3 is 5.32 Å². The van der Waals surface area contributed by atoms with Crippen LogP contribution in [0.15, 0.2) is 23.1 Å². The van der Waals surface area contributed by atoms with E-state index in [1.54, 1.807) is 18.6 Å². The minimum atomic E-state index is 0.0570. The summed E-state index contributed by atoms with van der Waals surface area (Å²) >= 11 is 10.00. The van der Waals surface area contributed by atoms with Gasteiger partial charge in [-0.1, -0.05) is 11.6 Å². The summed E-state index contributed by atoms with van der Waals surface area (Å²) in [5.74, 6) is 0.923. The first-order chi connectivity index (χ1) is 9.70. The number of nitrogens with zero attached hydrogens (tertiary/aromatic N) is 4. The van der Waals surface area contributed by atoms with Gasteiger partial charge in [-0.2, -0.15) is 15.0 Å². The summed E-state index contributed by atoms with van der Waals surface area (Å²) in [5.41, 5.74) is 1.21. The van der Waals surface area contributed by atoms with Crippen LogP contribution in [0, 0.1) is 0 Å².